The summed E-state index contributed by atoms with van der Waals surface area (Å²) in [5.74, 6) is 1.59. The summed E-state index contributed by atoms with van der Waals surface area (Å²) in [5, 5.41) is 1.98. The number of aromatic nitrogens is 2. The molecule has 2 heterocycles. The third-order valence-electron chi connectivity index (χ3n) is 3.24. The molecule has 1 aromatic carbocycles. The Labute approximate surface area is 141 Å². The third kappa shape index (κ3) is 3.11. The van der Waals surface area contributed by atoms with Crippen molar-refractivity contribution in [3.05, 3.63) is 49.9 Å². The Morgan fingerprint density at radius 1 is 1.43 bits per heavy atom. The van der Waals surface area contributed by atoms with E-state index < -0.39 is 0 Å². The van der Waals surface area contributed by atoms with E-state index >= 15 is 0 Å². The molecule has 1 aliphatic rings. The Balaban J connectivity index is 1.86. The second kappa shape index (κ2) is 6.24. The lowest BCUT2D eigenvalue weighted by molar-refractivity contribution is 0.669. The van der Waals surface area contributed by atoms with E-state index in [2.05, 4.69) is 4.98 Å². The first-order valence-electron chi connectivity index (χ1n) is 6.35. The molecule has 0 atom stereocenters. The molecule has 3 rings (SSSR count). The number of rotatable bonds is 3. The van der Waals surface area contributed by atoms with E-state index in [9.17, 15) is 4.79 Å². The van der Waals surface area contributed by atoms with Crippen molar-refractivity contribution in [2.24, 2.45) is 7.05 Å². The van der Waals surface area contributed by atoms with E-state index in [0.717, 1.165) is 33.5 Å². The van der Waals surface area contributed by atoms with Gasteiger partial charge in [0.25, 0.3) is 5.56 Å². The lowest BCUT2D eigenvalue weighted by Gasteiger charge is -2.10. The molecule has 1 aromatic heterocycles. The average molecular weight is 359 g/mol. The molecule has 0 spiro atoms. The van der Waals surface area contributed by atoms with Crippen LogP contribution in [0.2, 0.25) is 10.0 Å². The summed E-state index contributed by atoms with van der Waals surface area (Å²) in [6.07, 6.45) is 0.866. The summed E-state index contributed by atoms with van der Waals surface area (Å²) in [4.78, 5) is 17.7. The largest absolute Gasteiger partial charge is 0.290 e. The van der Waals surface area contributed by atoms with Crippen LogP contribution >= 0.6 is 46.7 Å². The number of fused-ring (bicyclic) bond motifs is 1. The van der Waals surface area contributed by atoms with Gasteiger partial charge in [0.05, 0.1) is 10.6 Å². The summed E-state index contributed by atoms with van der Waals surface area (Å²) >= 11 is 15.2. The number of benzene rings is 1. The lowest BCUT2D eigenvalue weighted by Crippen LogP contribution is -2.22. The molecule has 1 aliphatic heterocycles. The first-order chi connectivity index (χ1) is 10.1. The van der Waals surface area contributed by atoms with Gasteiger partial charge >= 0.3 is 0 Å². The van der Waals surface area contributed by atoms with Crippen molar-refractivity contribution in [2.45, 2.75) is 22.2 Å². The van der Waals surface area contributed by atoms with Crippen molar-refractivity contribution < 1.29 is 0 Å². The van der Waals surface area contributed by atoms with Gasteiger partial charge in [-0.1, -0.05) is 41.0 Å². The Morgan fingerprint density at radius 2 is 2.24 bits per heavy atom. The molecule has 110 valence electrons. The monoisotopic (exact) mass is 358 g/mol. The van der Waals surface area contributed by atoms with Gasteiger partial charge in [0.1, 0.15) is 0 Å². The predicted molar refractivity (Wildman–Crippen MR) is 89.9 cm³/mol. The highest BCUT2D eigenvalue weighted by atomic mass is 35.5. The lowest BCUT2D eigenvalue weighted by atomic mass is 10.2. The van der Waals surface area contributed by atoms with E-state index in [1.165, 1.54) is 11.8 Å². The van der Waals surface area contributed by atoms with Gasteiger partial charge in [-0.25, -0.2) is 4.98 Å². The molecule has 2 aromatic rings. The molecule has 0 radical (unpaired) electrons. The first kappa shape index (κ1) is 15.3. The predicted octanol–water partition coefficient (Wildman–Crippen LogP) is 4.03. The zero-order valence-corrected chi connectivity index (χ0v) is 14.4. The Hall–Kier alpha value is -0.620. The van der Waals surface area contributed by atoms with Gasteiger partial charge in [-0.05, 0) is 17.7 Å². The van der Waals surface area contributed by atoms with Crippen LogP contribution in [0, 0.1) is 0 Å². The number of hydrogen-bond donors (Lipinski definition) is 0. The first-order valence-corrected chi connectivity index (χ1v) is 9.08. The molecular formula is C14H12Cl2N2OS2. The molecule has 7 heteroatoms. The summed E-state index contributed by atoms with van der Waals surface area (Å²) in [6.45, 7) is 0. The number of halogens is 2. The molecule has 21 heavy (non-hydrogen) atoms. The van der Waals surface area contributed by atoms with Gasteiger partial charge in [0.15, 0.2) is 5.16 Å². The van der Waals surface area contributed by atoms with Crippen LogP contribution in [0.5, 0.6) is 0 Å². The summed E-state index contributed by atoms with van der Waals surface area (Å²) in [5.41, 5.74) is 1.95. The number of thioether (sulfide) groups is 2. The smallest absolute Gasteiger partial charge is 0.267 e. The van der Waals surface area contributed by atoms with Gasteiger partial charge in [0, 0.05) is 35.0 Å². The molecule has 0 unspecified atom stereocenters. The third-order valence-corrected chi connectivity index (χ3v) is 6.01. The second-order valence-electron chi connectivity index (χ2n) is 4.66. The molecule has 0 saturated carbocycles. The van der Waals surface area contributed by atoms with Crippen LogP contribution in [-0.4, -0.2) is 15.3 Å². The zero-order valence-electron chi connectivity index (χ0n) is 11.2. The minimum atomic E-state index is 0.0483. The van der Waals surface area contributed by atoms with Crippen LogP contribution in [0.15, 0.2) is 33.0 Å². The second-order valence-corrected chi connectivity index (χ2v) is 7.55. The molecule has 0 fully saturated rings. The molecule has 0 amide bonds. The van der Waals surface area contributed by atoms with Crippen molar-refractivity contribution in [2.75, 3.05) is 5.75 Å². The van der Waals surface area contributed by atoms with Crippen LogP contribution in [-0.2, 0) is 19.2 Å². The minimum absolute atomic E-state index is 0.0483. The van der Waals surface area contributed by atoms with E-state index in [0.29, 0.717) is 15.8 Å². The van der Waals surface area contributed by atoms with E-state index in [-0.39, 0.29) is 5.56 Å². The standard InChI is InChI=1S/C14H12Cl2N2OS2/c1-18-13(19)12-11(4-5-20-12)17-14(18)21-7-8-2-3-9(15)6-10(8)16/h2-3,6H,4-5,7H2,1H3. The van der Waals surface area contributed by atoms with Crippen LogP contribution in [0.1, 0.15) is 11.3 Å². The number of nitrogens with zero attached hydrogens (tertiary/aromatic N) is 2. The van der Waals surface area contributed by atoms with Crippen molar-refractivity contribution in [1.82, 2.24) is 9.55 Å². The highest BCUT2D eigenvalue weighted by Crippen LogP contribution is 2.31. The fourth-order valence-electron chi connectivity index (χ4n) is 2.08. The maximum Gasteiger partial charge on any atom is 0.267 e. The Morgan fingerprint density at radius 3 is 3.00 bits per heavy atom. The Kier molecular flexibility index (Phi) is 4.54. The van der Waals surface area contributed by atoms with Gasteiger partial charge in [-0.15, -0.1) is 11.8 Å². The fourth-order valence-corrected chi connectivity index (χ4v) is 4.69. The highest BCUT2D eigenvalue weighted by molar-refractivity contribution is 7.99. The van der Waals surface area contributed by atoms with Crippen LogP contribution in [0.25, 0.3) is 0 Å². The maximum atomic E-state index is 12.2. The van der Waals surface area contributed by atoms with Gasteiger partial charge in [-0.3, -0.25) is 9.36 Å². The summed E-state index contributed by atoms with van der Waals surface area (Å²) in [7, 11) is 1.76. The van der Waals surface area contributed by atoms with Gasteiger partial charge < -0.3 is 0 Å². The van der Waals surface area contributed by atoms with Crippen LogP contribution < -0.4 is 5.56 Å². The van der Waals surface area contributed by atoms with Crippen molar-refractivity contribution in [3.63, 3.8) is 0 Å². The zero-order chi connectivity index (χ0) is 15.0. The maximum absolute atomic E-state index is 12.2. The molecule has 0 N–H and O–H groups in total. The van der Waals surface area contributed by atoms with E-state index in [4.69, 9.17) is 23.2 Å². The normalized spacial score (nSPS) is 13.5. The average Bonchev–Trinajstić information content (AvgIpc) is 2.91. The Bertz CT molecular complexity index is 761. The molecule has 0 bridgehead atoms. The van der Waals surface area contributed by atoms with Gasteiger partial charge in [0.2, 0.25) is 0 Å². The summed E-state index contributed by atoms with van der Waals surface area (Å²) < 4.78 is 1.62. The topological polar surface area (TPSA) is 34.9 Å². The van der Waals surface area contributed by atoms with Crippen molar-refractivity contribution in [1.29, 1.82) is 0 Å². The van der Waals surface area contributed by atoms with Crippen LogP contribution in [0.3, 0.4) is 0 Å². The van der Waals surface area contributed by atoms with E-state index in [1.54, 1.807) is 29.4 Å². The molecule has 0 aliphatic carbocycles. The SMILES string of the molecule is Cn1c(SCc2ccc(Cl)cc2Cl)nc2c(c1=O)SCC2. The molecule has 0 saturated heterocycles. The fraction of sp³-hybridized carbons (Fsp3) is 0.286. The van der Waals surface area contributed by atoms with Crippen molar-refractivity contribution in [3.8, 4) is 0 Å². The number of aryl methyl sites for hydroxylation is 1. The van der Waals surface area contributed by atoms with E-state index in [1.807, 2.05) is 12.1 Å². The summed E-state index contributed by atoms with van der Waals surface area (Å²) in [6, 6.07) is 5.44. The number of hydrogen-bond acceptors (Lipinski definition) is 4. The molecular weight excluding hydrogens is 347 g/mol. The van der Waals surface area contributed by atoms with Gasteiger partial charge in [-0.2, -0.15) is 0 Å². The highest BCUT2D eigenvalue weighted by Gasteiger charge is 2.20. The quantitative estimate of drug-likeness (QED) is 0.612. The van der Waals surface area contributed by atoms with Crippen LogP contribution in [0.4, 0.5) is 0 Å². The van der Waals surface area contributed by atoms with Crippen molar-refractivity contribution >= 4 is 46.7 Å². The molecule has 3 nitrogen and oxygen atoms in total. The minimum Gasteiger partial charge on any atom is -0.290 e.